The molecule has 1 heterocycles. The fourth-order valence-corrected chi connectivity index (χ4v) is 1.14. The van der Waals surface area contributed by atoms with Crippen LogP contribution >= 0.6 is 0 Å². The molecule has 86 valence electrons. The number of carbonyl (C=O) groups is 2. The zero-order chi connectivity index (χ0) is 12.1. The molecule has 0 saturated heterocycles. The van der Waals surface area contributed by atoms with Crippen molar-refractivity contribution in [2.75, 3.05) is 7.05 Å². The second kappa shape index (κ2) is 5.25. The van der Waals surface area contributed by atoms with Crippen LogP contribution in [0.1, 0.15) is 34.7 Å². The first-order valence-electron chi connectivity index (χ1n) is 5.03. The molecule has 0 aliphatic carbocycles. The van der Waals surface area contributed by atoms with Crippen molar-refractivity contribution < 1.29 is 9.59 Å². The Morgan fingerprint density at radius 2 is 1.94 bits per heavy atom. The Balaban J connectivity index is 2.78. The van der Waals surface area contributed by atoms with E-state index in [1.54, 1.807) is 6.07 Å². The Morgan fingerprint density at radius 1 is 1.25 bits per heavy atom. The summed E-state index contributed by atoms with van der Waals surface area (Å²) in [6.45, 7) is 3.76. The van der Waals surface area contributed by atoms with Crippen LogP contribution in [0.5, 0.6) is 0 Å². The Hall–Kier alpha value is -1.91. The summed E-state index contributed by atoms with van der Waals surface area (Å²) in [6, 6.07) is 3.18. The van der Waals surface area contributed by atoms with Crippen LogP contribution in [0.4, 0.5) is 0 Å². The summed E-state index contributed by atoms with van der Waals surface area (Å²) in [6.07, 6.45) is 1.39. The van der Waals surface area contributed by atoms with Gasteiger partial charge in [0.2, 0.25) is 0 Å². The van der Waals surface area contributed by atoms with E-state index in [1.165, 1.54) is 19.3 Å². The molecule has 0 aromatic carbocycles. The highest BCUT2D eigenvalue weighted by molar-refractivity contribution is 5.96. The number of pyridine rings is 1. The quantitative estimate of drug-likeness (QED) is 0.784. The van der Waals surface area contributed by atoms with Crippen molar-refractivity contribution in [2.24, 2.45) is 0 Å². The van der Waals surface area contributed by atoms with Gasteiger partial charge in [-0.2, -0.15) is 0 Å². The second-order valence-corrected chi connectivity index (χ2v) is 3.64. The standard InChI is InChI=1S/C11H15N3O2/c1-7(2)14-10(15)8-4-5-9(13-6-8)11(16)12-3/h4-7H,1-3H3,(H,12,16)(H,14,15). The summed E-state index contributed by atoms with van der Waals surface area (Å²) in [5, 5.41) is 5.20. The van der Waals surface area contributed by atoms with E-state index in [0.717, 1.165) is 0 Å². The highest BCUT2D eigenvalue weighted by atomic mass is 16.2. The fourth-order valence-electron chi connectivity index (χ4n) is 1.14. The fraction of sp³-hybridized carbons (Fsp3) is 0.364. The predicted molar refractivity (Wildman–Crippen MR) is 60.2 cm³/mol. The number of rotatable bonds is 3. The van der Waals surface area contributed by atoms with Crippen LogP contribution < -0.4 is 10.6 Å². The van der Waals surface area contributed by atoms with E-state index < -0.39 is 0 Å². The first kappa shape index (κ1) is 12.2. The van der Waals surface area contributed by atoms with E-state index >= 15 is 0 Å². The molecule has 2 amide bonds. The molecule has 1 aromatic heterocycles. The average Bonchev–Trinajstić information content (AvgIpc) is 2.27. The monoisotopic (exact) mass is 221 g/mol. The van der Waals surface area contributed by atoms with E-state index in [1.807, 2.05) is 13.8 Å². The lowest BCUT2D eigenvalue weighted by Crippen LogP contribution is -2.30. The third kappa shape index (κ3) is 3.05. The Bertz CT molecular complexity index is 385. The Labute approximate surface area is 94.3 Å². The molecular formula is C11H15N3O2. The van der Waals surface area contributed by atoms with E-state index in [0.29, 0.717) is 11.3 Å². The third-order valence-corrected chi connectivity index (χ3v) is 1.91. The molecule has 2 N–H and O–H groups in total. The van der Waals surface area contributed by atoms with Gasteiger partial charge in [-0.15, -0.1) is 0 Å². The lowest BCUT2D eigenvalue weighted by molar-refractivity contribution is 0.0935. The van der Waals surface area contributed by atoms with Crippen molar-refractivity contribution in [2.45, 2.75) is 19.9 Å². The largest absolute Gasteiger partial charge is 0.354 e. The molecule has 0 aliphatic heterocycles. The summed E-state index contributed by atoms with van der Waals surface area (Å²) in [5.74, 6) is -0.457. The van der Waals surface area contributed by atoms with Crippen LogP contribution in [0.15, 0.2) is 18.3 Å². The van der Waals surface area contributed by atoms with Gasteiger partial charge < -0.3 is 10.6 Å². The molecule has 5 heteroatoms. The van der Waals surface area contributed by atoms with Gasteiger partial charge >= 0.3 is 0 Å². The summed E-state index contributed by atoms with van der Waals surface area (Å²) < 4.78 is 0. The van der Waals surface area contributed by atoms with Gasteiger partial charge in [0.25, 0.3) is 11.8 Å². The van der Waals surface area contributed by atoms with Crippen molar-refractivity contribution in [3.8, 4) is 0 Å². The number of nitrogens with one attached hydrogen (secondary N) is 2. The van der Waals surface area contributed by atoms with Crippen molar-refractivity contribution in [3.05, 3.63) is 29.6 Å². The highest BCUT2D eigenvalue weighted by Gasteiger charge is 2.09. The first-order chi connectivity index (χ1) is 7.54. The minimum atomic E-state index is -0.268. The van der Waals surface area contributed by atoms with Crippen LogP contribution in [0.3, 0.4) is 0 Å². The van der Waals surface area contributed by atoms with Crippen LogP contribution in [0.2, 0.25) is 0 Å². The van der Waals surface area contributed by atoms with Gasteiger partial charge in [0.05, 0.1) is 5.56 Å². The van der Waals surface area contributed by atoms with Crippen LogP contribution in [0, 0.1) is 0 Å². The SMILES string of the molecule is CNC(=O)c1ccc(C(=O)NC(C)C)cn1. The molecule has 5 nitrogen and oxygen atoms in total. The predicted octanol–water partition coefficient (Wildman–Crippen LogP) is 0.579. The van der Waals surface area contributed by atoms with Crippen LogP contribution in [-0.2, 0) is 0 Å². The summed E-state index contributed by atoms with van der Waals surface area (Å²) in [7, 11) is 1.53. The summed E-state index contributed by atoms with van der Waals surface area (Å²) in [4.78, 5) is 26.7. The summed E-state index contributed by atoms with van der Waals surface area (Å²) in [5.41, 5.74) is 0.741. The van der Waals surface area contributed by atoms with E-state index in [4.69, 9.17) is 0 Å². The van der Waals surface area contributed by atoms with Crippen molar-refractivity contribution >= 4 is 11.8 Å². The van der Waals surface area contributed by atoms with Crippen LogP contribution in [0.25, 0.3) is 0 Å². The Kier molecular flexibility index (Phi) is 3.99. The zero-order valence-corrected chi connectivity index (χ0v) is 9.57. The van der Waals surface area contributed by atoms with Crippen molar-refractivity contribution in [1.29, 1.82) is 0 Å². The lowest BCUT2D eigenvalue weighted by atomic mass is 10.2. The van der Waals surface area contributed by atoms with E-state index in [9.17, 15) is 9.59 Å². The summed E-state index contributed by atoms with van der Waals surface area (Å²) >= 11 is 0. The molecule has 0 spiro atoms. The minimum absolute atomic E-state index is 0.0751. The second-order valence-electron chi connectivity index (χ2n) is 3.64. The average molecular weight is 221 g/mol. The number of nitrogens with zero attached hydrogens (tertiary/aromatic N) is 1. The molecule has 0 unspecified atom stereocenters. The van der Waals surface area contributed by atoms with Gasteiger partial charge in [0, 0.05) is 19.3 Å². The van der Waals surface area contributed by atoms with Gasteiger partial charge in [-0.25, -0.2) is 0 Å². The normalized spacial score (nSPS) is 10.0. The zero-order valence-electron chi connectivity index (χ0n) is 9.57. The highest BCUT2D eigenvalue weighted by Crippen LogP contribution is 2.00. The minimum Gasteiger partial charge on any atom is -0.354 e. The molecule has 0 fully saturated rings. The van der Waals surface area contributed by atoms with Crippen molar-refractivity contribution in [3.63, 3.8) is 0 Å². The number of hydrogen-bond acceptors (Lipinski definition) is 3. The van der Waals surface area contributed by atoms with Gasteiger partial charge in [-0.1, -0.05) is 0 Å². The van der Waals surface area contributed by atoms with Gasteiger partial charge in [0.15, 0.2) is 0 Å². The molecule has 0 atom stereocenters. The number of hydrogen-bond donors (Lipinski definition) is 2. The first-order valence-corrected chi connectivity index (χ1v) is 5.03. The maximum Gasteiger partial charge on any atom is 0.269 e. The molecular weight excluding hydrogens is 206 g/mol. The topological polar surface area (TPSA) is 71.1 Å². The van der Waals surface area contributed by atoms with Crippen molar-refractivity contribution in [1.82, 2.24) is 15.6 Å². The maximum atomic E-state index is 11.6. The molecule has 0 radical (unpaired) electrons. The number of aromatic nitrogens is 1. The lowest BCUT2D eigenvalue weighted by Gasteiger charge is -2.08. The number of carbonyl (C=O) groups excluding carboxylic acids is 2. The molecule has 0 saturated carbocycles. The molecule has 0 bridgehead atoms. The van der Waals surface area contributed by atoms with Gasteiger partial charge in [0.1, 0.15) is 5.69 Å². The van der Waals surface area contributed by atoms with Gasteiger partial charge in [-0.05, 0) is 26.0 Å². The molecule has 1 rings (SSSR count). The van der Waals surface area contributed by atoms with Crippen LogP contribution in [-0.4, -0.2) is 29.9 Å². The molecule has 0 aliphatic rings. The number of amides is 2. The Morgan fingerprint density at radius 3 is 2.38 bits per heavy atom. The van der Waals surface area contributed by atoms with E-state index in [2.05, 4.69) is 15.6 Å². The third-order valence-electron chi connectivity index (χ3n) is 1.91. The van der Waals surface area contributed by atoms with E-state index in [-0.39, 0.29) is 17.9 Å². The maximum absolute atomic E-state index is 11.6. The molecule has 16 heavy (non-hydrogen) atoms. The molecule has 1 aromatic rings. The smallest absolute Gasteiger partial charge is 0.269 e. The van der Waals surface area contributed by atoms with Gasteiger partial charge in [-0.3, -0.25) is 14.6 Å².